The Bertz CT molecular complexity index is 634. The minimum Gasteiger partial charge on any atom is -0.497 e. The molecule has 1 atom stereocenters. The average molecular weight is 304 g/mol. The van der Waals surface area contributed by atoms with Crippen molar-refractivity contribution in [2.45, 2.75) is 32.8 Å². The molecular weight excluding hydrogens is 280 g/mol. The highest BCUT2D eigenvalue weighted by Crippen LogP contribution is 2.23. The Morgan fingerprint density at radius 3 is 2.86 bits per heavy atom. The fourth-order valence-electron chi connectivity index (χ4n) is 2.36. The van der Waals surface area contributed by atoms with Gasteiger partial charge in [0.25, 0.3) is 0 Å². The third kappa shape index (κ3) is 4.01. The zero-order chi connectivity index (χ0) is 16.1. The lowest BCUT2D eigenvalue weighted by molar-refractivity contribution is -0.120. The number of aromatic nitrogens is 1. The lowest BCUT2D eigenvalue weighted by atomic mass is 10.0. The molecule has 0 aliphatic rings. The third-order valence-corrected chi connectivity index (χ3v) is 3.86. The zero-order valence-electron chi connectivity index (χ0n) is 13.3. The summed E-state index contributed by atoms with van der Waals surface area (Å²) < 4.78 is 5.22. The van der Waals surface area contributed by atoms with E-state index in [9.17, 15) is 9.90 Å². The van der Waals surface area contributed by atoms with Crippen molar-refractivity contribution in [3.63, 3.8) is 0 Å². The smallest absolute Gasteiger partial charge is 0.224 e. The van der Waals surface area contributed by atoms with Crippen LogP contribution in [0.25, 0.3) is 10.9 Å². The van der Waals surface area contributed by atoms with Crippen molar-refractivity contribution < 1.29 is 14.6 Å². The summed E-state index contributed by atoms with van der Waals surface area (Å²) in [5, 5.41) is 13.6. The minimum absolute atomic E-state index is 0.0420. The van der Waals surface area contributed by atoms with Crippen molar-refractivity contribution in [2.75, 3.05) is 13.7 Å². The molecule has 3 N–H and O–H groups in total. The second kappa shape index (κ2) is 7.31. The van der Waals surface area contributed by atoms with Gasteiger partial charge in [0.2, 0.25) is 5.91 Å². The molecule has 22 heavy (non-hydrogen) atoms. The third-order valence-electron chi connectivity index (χ3n) is 3.86. The number of amides is 1. The molecule has 0 spiro atoms. The van der Waals surface area contributed by atoms with Crippen molar-refractivity contribution >= 4 is 16.8 Å². The van der Waals surface area contributed by atoms with Crippen molar-refractivity contribution in [1.29, 1.82) is 0 Å². The molecular formula is C17H24N2O3. The van der Waals surface area contributed by atoms with E-state index in [1.807, 2.05) is 38.2 Å². The maximum Gasteiger partial charge on any atom is 0.224 e. The van der Waals surface area contributed by atoms with Crippen molar-refractivity contribution in [3.05, 3.63) is 30.0 Å². The van der Waals surface area contributed by atoms with Gasteiger partial charge in [-0.3, -0.25) is 4.79 Å². The van der Waals surface area contributed by atoms with Gasteiger partial charge in [0.1, 0.15) is 5.75 Å². The predicted octanol–water partition coefficient (Wildman–Crippen LogP) is 2.24. The SMILES string of the molecule is COc1ccc2[nH]cc(CC(=O)NCCC(O)C(C)C)c2c1. The van der Waals surface area contributed by atoms with Crippen LogP contribution in [0, 0.1) is 5.92 Å². The zero-order valence-corrected chi connectivity index (χ0v) is 13.3. The molecule has 1 amide bonds. The second-order valence-corrected chi connectivity index (χ2v) is 5.85. The molecule has 0 bridgehead atoms. The maximum atomic E-state index is 12.0. The van der Waals surface area contributed by atoms with Crippen LogP contribution in [0.4, 0.5) is 0 Å². The number of nitrogens with one attached hydrogen (secondary N) is 2. The molecule has 0 aliphatic carbocycles. The Kier molecular flexibility index (Phi) is 5.44. The average Bonchev–Trinajstić information content (AvgIpc) is 2.89. The standard InChI is InChI=1S/C17H24N2O3/c1-11(2)16(20)6-7-18-17(21)8-12-10-19-15-5-4-13(22-3)9-14(12)15/h4-5,9-11,16,19-20H,6-8H2,1-3H3,(H,18,21). The normalized spacial score (nSPS) is 12.6. The van der Waals surface area contributed by atoms with E-state index in [1.165, 1.54) is 0 Å². The lowest BCUT2D eigenvalue weighted by Crippen LogP contribution is -2.29. The number of carbonyl (C=O) groups excluding carboxylic acids is 1. The number of benzene rings is 1. The van der Waals surface area contributed by atoms with Crippen molar-refractivity contribution in [2.24, 2.45) is 5.92 Å². The van der Waals surface area contributed by atoms with E-state index >= 15 is 0 Å². The predicted molar refractivity (Wildman–Crippen MR) is 87.0 cm³/mol. The molecule has 5 heteroatoms. The van der Waals surface area contributed by atoms with Crippen molar-refractivity contribution in [1.82, 2.24) is 10.3 Å². The molecule has 0 saturated carbocycles. The molecule has 1 heterocycles. The van der Waals surface area contributed by atoms with E-state index < -0.39 is 0 Å². The van der Waals surface area contributed by atoms with Gasteiger partial charge in [0.05, 0.1) is 19.6 Å². The second-order valence-electron chi connectivity index (χ2n) is 5.85. The van der Waals surface area contributed by atoms with Gasteiger partial charge >= 0.3 is 0 Å². The van der Waals surface area contributed by atoms with Crippen LogP contribution in [-0.4, -0.2) is 35.8 Å². The molecule has 0 aliphatic heterocycles. The van der Waals surface area contributed by atoms with Gasteiger partial charge in [-0.25, -0.2) is 0 Å². The Hall–Kier alpha value is -2.01. The number of fused-ring (bicyclic) bond motifs is 1. The van der Waals surface area contributed by atoms with Gasteiger partial charge in [0, 0.05) is 23.6 Å². The van der Waals surface area contributed by atoms with Crippen LogP contribution in [0.5, 0.6) is 5.75 Å². The summed E-state index contributed by atoms with van der Waals surface area (Å²) in [4.78, 5) is 15.2. The number of carbonyl (C=O) groups is 1. The summed E-state index contributed by atoms with van der Waals surface area (Å²) in [6.45, 7) is 4.42. The van der Waals surface area contributed by atoms with Gasteiger partial charge in [-0.05, 0) is 36.1 Å². The Morgan fingerprint density at radius 1 is 1.41 bits per heavy atom. The van der Waals surface area contributed by atoms with Crippen LogP contribution in [-0.2, 0) is 11.2 Å². The van der Waals surface area contributed by atoms with Gasteiger partial charge in [-0.15, -0.1) is 0 Å². The van der Waals surface area contributed by atoms with Gasteiger partial charge in [-0.1, -0.05) is 13.8 Å². The monoisotopic (exact) mass is 304 g/mol. The molecule has 5 nitrogen and oxygen atoms in total. The highest BCUT2D eigenvalue weighted by atomic mass is 16.5. The highest BCUT2D eigenvalue weighted by molar-refractivity contribution is 5.89. The van der Waals surface area contributed by atoms with Crippen LogP contribution in [0.1, 0.15) is 25.8 Å². The summed E-state index contributed by atoms with van der Waals surface area (Å²) in [5.41, 5.74) is 1.93. The molecule has 1 aromatic carbocycles. The van der Waals surface area contributed by atoms with Crippen LogP contribution < -0.4 is 10.1 Å². The fraction of sp³-hybridized carbons (Fsp3) is 0.471. The molecule has 1 aromatic heterocycles. The topological polar surface area (TPSA) is 74.4 Å². The molecule has 0 fully saturated rings. The molecule has 2 rings (SSSR count). The number of methoxy groups -OCH3 is 1. The van der Waals surface area contributed by atoms with Crippen LogP contribution >= 0.6 is 0 Å². The molecule has 120 valence electrons. The number of ether oxygens (including phenoxy) is 1. The van der Waals surface area contributed by atoms with E-state index in [4.69, 9.17) is 4.74 Å². The van der Waals surface area contributed by atoms with Crippen LogP contribution in [0.3, 0.4) is 0 Å². The van der Waals surface area contributed by atoms with Crippen LogP contribution in [0.15, 0.2) is 24.4 Å². The number of hydrogen-bond donors (Lipinski definition) is 3. The number of hydrogen-bond acceptors (Lipinski definition) is 3. The van der Waals surface area contributed by atoms with E-state index in [2.05, 4.69) is 10.3 Å². The highest BCUT2D eigenvalue weighted by Gasteiger charge is 2.12. The number of aliphatic hydroxyl groups is 1. The summed E-state index contributed by atoms with van der Waals surface area (Å²) in [5.74, 6) is 0.937. The first-order chi connectivity index (χ1) is 10.5. The van der Waals surface area contributed by atoms with E-state index in [1.54, 1.807) is 7.11 Å². The Labute approximate surface area is 130 Å². The summed E-state index contributed by atoms with van der Waals surface area (Å²) in [6.07, 6.45) is 2.36. The van der Waals surface area contributed by atoms with Crippen LogP contribution in [0.2, 0.25) is 0 Å². The van der Waals surface area contributed by atoms with E-state index in [0.717, 1.165) is 22.2 Å². The van der Waals surface area contributed by atoms with Gasteiger partial charge in [0.15, 0.2) is 0 Å². The number of rotatable bonds is 7. The number of H-pyrrole nitrogens is 1. The molecule has 0 saturated heterocycles. The first-order valence-electron chi connectivity index (χ1n) is 7.60. The number of aromatic amines is 1. The molecule has 0 radical (unpaired) electrons. The summed E-state index contributed by atoms with van der Waals surface area (Å²) in [6, 6.07) is 5.75. The lowest BCUT2D eigenvalue weighted by Gasteiger charge is -2.14. The summed E-state index contributed by atoms with van der Waals surface area (Å²) >= 11 is 0. The summed E-state index contributed by atoms with van der Waals surface area (Å²) in [7, 11) is 1.63. The van der Waals surface area contributed by atoms with E-state index in [-0.39, 0.29) is 17.9 Å². The van der Waals surface area contributed by atoms with Crippen molar-refractivity contribution in [3.8, 4) is 5.75 Å². The van der Waals surface area contributed by atoms with E-state index in [0.29, 0.717) is 19.4 Å². The first kappa shape index (κ1) is 16.4. The van der Waals surface area contributed by atoms with Gasteiger partial charge in [-0.2, -0.15) is 0 Å². The quantitative estimate of drug-likeness (QED) is 0.734. The largest absolute Gasteiger partial charge is 0.497 e. The van der Waals surface area contributed by atoms with Gasteiger partial charge < -0.3 is 20.1 Å². The maximum absolute atomic E-state index is 12.0. The Morgan fingerprint density at radius 2 is 2.18 bits per heavy atom. The first-order valence-corrected chi connectivity index (χ1v) is 7.60. The Balaban J connectivity index is 1.94. The minimum atomic E-state index is -0.377. The fourth-order valence-corrected chi connectivity index (χ4v) is 2.36. The number of aliphatic hydroxyl groups excluding tert-OH is 1. The molecule has 2 aromatic rings. The molecule has 1 unspecified atom stereocenters.